The number of hydrogen-bond donors (Lipinski definition) is 1. The molecule has 0 aliphatic carbocycles. The van der Waals surface area contributed by atoms with Gasteiger partial charge in [-0.15, -0.1) is 0 Å². The quantitative estimate of drug-likeness (QED) is 0.329. The van der Waals surface area contributed by atoms with Crippen LogP contribution >= 0.6 is 0 Å². The molecule has 0 spiro atoms. The van der Waals surface area contributed by atoms with Crippen LogP contribution in [0.15, 0.2) is 18.2 Å². The highest BCUT2D eigenvalue weighted by molar-refractivity contribution is 5.77. The first-order valence-electron chi connectivity index (χ1n) is 11.4. The van der Waals surface area contributed by atoms with Crippen molar-refractivity contribution in [1.82, 2.24) is 0 Å². The van der Waals surface area contributed by atoms with E-state index in [0.717, 1.165) is 6.42 Å². The van der Waals surface area contributed by atoms with Gasteiger partial charge in [-0.05, 0) is 37.0 Å². The maximum Gasteiger partial charge on any atom is 0.508 e. The minimum atomic E-state index is -1.02. The average molecular weight is 482 g/mol. The minimum absolute atomic E-state index is 0.0599. The van der Waals surface area contributed by atoms with Crippen molar-refractivity contribution in [3.8, 4) is 11.5 Å². The van der Waals surface area contributed by atoms with E-state index in [-0.39, 0.29) is 49.9 Å². The molecule has 0 radical (unpaired) electrons. The van der Waals surface area contributed by atoms with Crippen LogP contribution < -0.4 is 15.2 Å². The number of benzene rings is 1. The monoisotopic (exact) mass is 481 g/mol. The van der Waals surface area contributed by atoms with Gasteiger partial charge < -0.3 is 29.4 Å². The first kappa shape index (κ1) is 28.9. The summed E-state index contributed by atoms with van der Waals surface area (Å²) in [6, 6.07) is 3.54. The number of rotatable bonds is 13. The number of carbonyl (C=O) groups excluding carboxylic acids is 4. The van der Waals surface area contributed by atoms with Gasteiger partial charge in [-0.2, -0.15) is 0 Å². The summed E-state index contributed by atoms with van der Waals surface area (Å²) >= 11 is 0. The van der Waals surface area contributed by atoms with E-state index in [9.17, 15) is 19.2 Å². The fraction of sp³-hybridized carbons (Fsp3) is 0.583. The van der Waals surface area contributed by atoms with Crippen LogP contribution in [0.25, 0.3) is 0 Å². The van der Waals surface area contributed by atoms with Crippen LogP contribution in [0.4, 0.5) is 4.79 Å². The van der Waals surface area contributed by atoms with Crippen molar-refractivity contribution in [3.63, 3.8) is 0 Å². The first-order chi connectivity index (χ1) is 16.1. The molecule has 3 atom stereocenters. The predicted octanol–water partition coefficient (Wildman–Crippen LogP) is 3.32. The van der Waals surface area contributed by atoms with Gasteiger partial charge in [0.2, 0.25) is 0 Å². The molecule has 1 unspecified atom stereocenters. The standard InChI is InChI=1S/C24H35NO9/c1-6-15(4)13-31-24(29)32-16(5)14-30-23(28)18(25)11-17-9-10-19(33-21(26)7-2)20(12-17)34-22(27)8-3/h9-10,12,15-16,18H,6-8,11,13-14,25H2,1-5H3/t15?,16-,18-/m0/s1. The summed E-state index contributed by atoms with van der Waals surface area (Å²) in [6.45, 7) is 8.83. The van der Waals surface area contributed by atoms with Gasteiger partial charge in [-0.25, -0.2) is 4.79 Å². The van der Waals surface area contributed by atoms with E-state index in [1.165, 1.54) is 12.1 Å². The van der Waals surface area contributed by atoms with Crippen LogP contribution in [0.2, 0.25) is 0 Å². The third-order valence-corrected chi connectivity index (χ3v) is 4.73. The van der Waals surface area contributed by atoms with E-state index in [1.807, 2.05) is 13.8 Å². The topological polar surface area (TPSA) is 140 Å². The largest absolute Gasteiger partial charge is 0.508 e. The van der Waals surface area contributed by atoms with E-state index in [1.54, 1.807) is 26.8 Å². The van der Waals surface area contributed by atoms with E-state index in [4.69, 9.17) is 29.4 Å². The molecule has 0 aliphatic rings. The van der Waals surface area contributed by atoms with Crippen molar-refractivity contribution in [2.45, 2.75) is 72.4 Å². The molecule has 190 valence electrons. The SMILES string of the molecule is CCC(=O)Oc1ccc(C[C@H](N)C(=O)OC[C@H](C)OC(=O)OCC(C)CC)cc1OC(=O)CC. The molecular weight excluding hydrogens is 446 g/mol. The fourth-order valence-corrected chi connectivity index (χ4v) is 2.44. The average Bonchev–Trinajstić information content (AvgIpc) is 2.82. The molecule has 0 fully saturated rings. The molecule has 0 saturated heterocycles. The molecule has 0 aliphatic heterocycles. The Balaban J connectivity index is 2.66. The summed E-state index contributed by atoms with van der Waals surface area (Å²) in [6.07, 6.45) is -0.323. The van der Waals surface area contributed by atoms with Crippen molar-refractivity contribution in [2.24, 2.45) is 11.7 Å². The highest BCUT2D eigenvalue weighted by atomic mass is 16.7. The van der Waals surface area contributed by atoms with Gasteiger partial charge in [0.15, 0.2) is 11.5 Å². The van der Waals surface area contributed by atoms with Crippen LogP contribution in [-0.4, -0.2) is 49.4 Å². The molecule has 0 bridgehead atoms. The lowest BCUT2D eigenvalue weighted by molar-refractivity contribution is -0.148. The fourth-order valence-electron chi connectivity index (χ4n) is 2.44. The Morgan fingerprint density at radius 1 is 0.882 bits per heavy atom. The zero-order valence-electron chi connectivity index (χ0n) is 20.5. The molecule has 10 heteroatoms. The maximum absolute atomic E-state index is 12.3. The Hall–Kier alpha value is -3.14. The van der Waals surface area contributed by atoms with Crippen molar-refractivity contribution in [3.05, 3.63) is 23.8 Å². The van der Waals surface area contributed by atoms with Crippen LogP contribution in [0, 0.1) is 5.92 Å². The Morgan fingerprint density at radius 2 is 1.50 bits per heavy atom. The molecule has 0 saturated carbocycles. The van der Waals surface area contributed by atoms with Crippen molar-refractivity contribution in [1.29, 1.82) is 0 Å². The lowest BCUT2D eigenvalue weighted by Crippen LogP contribution is -2.36. The third-order valence-electron chi connectivity index (χ3n) is 4.73. The Bertz CT molecular complexity index is 840. The van der Waals surface area contributed by atoms with Gasteiger partial charge in [0.1, 0.15) is 18.8 Å². The number of carbonyl (C=O) groups is 4. The number of ether oxygens (including phenoxy) is 5. The predicted molar refractivity (Wildman–Crippen MR) is 122 cm³/mol. The van der Waals surface area contributed by atoms with Gasteiger partial charge in [0.05, 0.1) is 6.61 Å². The van der Waals surface area contributed by atoms with E-state index in [2.05, 4.69) is 0 Å². The number of nitrogens with two attached hydrogens (primary N) is 1. The first-order valence-corrected chi connectivity index (χ1v) is 11.4. The second kappa shape index (κ2) is 14.9. The molecule has 0 heterocycles. The summed E-state index contributed by atoms with van der Waals surface area (Å²) in [5, 5.41) is 0. The summed E-state index contributed by atoms with van der Waals surface area (Å²) in [4.78, 5) is 47.3. The lowest BCUT2D eigenvalue weighted by atomic mass is 10.1. The molecule has 1 rings (SSSR count). The van der Waals surface area contributed by atoms with Crippen LogP contribution in [-0.2, 0) is 35.0 Å². The number of hydrogen-bond acceptors (Lipinski definition) is 10. The molecule has 2 N–H and O–H groups in total. The lowest BCUT2D eigenvalue weighted by Gasteiger charge is -2.17. The van der Waals surface area contributed by atoms with Gasteiger partial charge in [-0.1, -0.05) is 40.2 Å². The van der Waals surface area contributed by atoms with Crippen LogP contribution in [0.5, 0.6) is 11.5 Å². The van der Waals surface area contributed by atoms with E-state index < -0.39 is 36.2 Å². The molecule has 0 aromatic heterocycles. The zero-order valence-corrected chi connectivity index (χ0v) is 20.5. The molecule has 10 nitrogen and oxygen atoms in total. The van der Waals surface area contributed by atoms with E-state index >= 15 is 0 Å². The summed E-state index contributed by atoms with van der Waals surface area (Å²) in [5.74, 6) is -1.31. The Morgan fingerprint density at radius 3 is 2.09 bits per heavy atom. The summed E-state index contributed by atoms with van der Waals surface area (Å²) in [5.41, 5.74) is 6.52. The van der Waals surface area contributed by atoms with Gasteiger partial charge >= 0.3 is 24.1 Å². The normalized spacial score (nSPS) is 13.2. The number of esters is 3. The molecule has 1 aromatic rings. The van der Waals surface area contributed by atoms with Crippen molar-refractivity contribution in [2.75, 3.05) is 13.2 Å². The highest BCUT2D eigenvalue weighted by Gasteiger charge is 2.21. The second-order valence-corrected chi connectivity index (χ2v) is 7.88. The molecule has 0 amide bonds. The molecule has 34 heavy (non-hydrogen) atoms. The van der Waals surface area contributed by atoms with Crippen molar-refractivity contribution < 1.29 is 42.9 Å². The van der Waals surface area contributed by atoms with E-state index in [0.29, 0.717) is 5.56 Å². The smallest absolute Gasteiger partial charge is 0.461 e. The molecule has 1 aromatic carbocycles. The summed E-state index contributed by atoms with van der Waals surface area (Å²) < 4.78 is 25.6. The summed E-state index contributed by atoms with van der Waals surface area (Å²) in [7, 11) is 0. The Kier molecular flexibility index (Phi) is 12.7. The second-order valence-electron chi connectivity index (χ2n) is 7.88. The highest BCUT2D eigenvalue weighted by Crippen LogP contribution is 2.30. The van der Waals surface area contributed by atoms with Crippen LogP contribution in [0.1, 0.15) is 59.4 Å². The van der Waals surface area contributed by atoms with Crippen LogP contribution in [0.3, 0.4) is 0 Å². The Labute approximate surface area is 200 Å². The minimum Gasteiger partial charge on any atom is -0.461 e. The molecular formula is C24H35NO9. The van der Waals surface area contributed by atoms with Gasteiger partial charge in [0.25, 0.3) is 0 Å². The third kappa shape index (κ3) is 10.7. The zero-order chi connectivity index (χ0) is 25.7. The van der Waals surface area contributed by atoms with Gasteiger partial charge in [0, 0.05) is 12.8 Å². The van der Waals surface area contributed by atoms with Crippen molar-refractivity contribution >= 4 is 24.1 Å². The maximum atomic E-state index is 12.3. The van der Waals surface area contributed by atoms with Gasteiger partial charge in [-0.3, -0.25) is 14.4 Å².